The van der Waals surface area contributed by atoms with Crippen LogP contribution in [0.1, 0.15) is 5.56 Å². The molecule has 31 heavy (non-hydrogen) atoms. The van der Waals surface area contributed by atoms with Gasteiger partial charge in [0.25, 0.3) is 6.47 Å². The quantitative estimate of drug-likeness (QED) is 0.288. The summed E-state index contributed by atoms with van der Waals surface area (Å²) >= 11 is 0. The Kier molecular flexibility index (Phi) is 4.88. The molecule has 154 valence electrons. The number of fused-ring (bicyclic) bond motifs is 3. The highest BCUT2D eigenvalue weighted by Crippen LogP contribution is 2.34. The van der Waals surface area contributed by atoms with E-state index in [9.17, 15) is 4.79 Å². The Bertz CT molecular complexity index is 1350. The average Bonchev–Trinajstić information content (AvgIpc) is 3.45. The van der Waals surface area contributed by atoms with Crippen molar-refractivity contribution in [1.82, 2.24) is 14.1 Å². The molecule has 0 radical (unpaired) electrons. The van der Waals surface area contributed by atoms with E-state index >= 15 is 0 Å². The number of methoxy groups -OCH3 is 1. The minimum absolute atomic E-state index is 0.364. The van der Waals surface area contributed by atoms with Crippen LogP contribution in [0.5, 0.6) is 5.75 Å². The molecule has 0 atom stereocenters. The molecule has 2 aromatic heterocycles. The summed E-state index contributed by atoms with van der Waals surface area (Å²) in [4.78, 5) is 14.7. The summed E-state index contributed by atoms with van der Waals surface area (Å²) < 4.78 is 14.5. The first-order valence-electron chi connectivity index (χ1n) is 10.0. The lowest BCUT2D eigenvalue weighted by molar-refractivity contribution is -0.128. The SMILES string of the molecule is COc1ccc(-n2c3ccc(-n4ccnc4)cc3c3ccc(CCOC=O)cc32)cc1. The lowest BCUT2D eigenvalue weighted by Crippen LogP contribution is -1.98. The van der Waals surface area contributed by atoms with Crippen LogP contribution in [0.3, 0.4) is 0 Å². The van der Waals surface area contributed by atoms with Crippen molar-refractivity contribution in [3.05, 3.63) is 84.9 Å². The Morgan fingerprint density at radius 3 is 2.52 bits per heavy atom. The highest BCUT2D eigenvalue weighted by molar-refractivity contribution is 6.10. The largest absolute Gasteiger partial charge is 0.497 e. The van der Waals surface area contributed by atoms with Crippen LogP contribution >= 0.6 is 0 Å². The van der Waals surface area contributed by atoms with Crippen LogP contribution in [-0.4, -0.2) is 34.3 Å². The predicted molar refractivity (Wildman–Crippen MR) is 120 cm³/mol. The Hall–Kier alpha value is -4.06. The molecule has 0 fully saturated rings. The average molecular weight is 411 g/mol. The molecule has 0 saturated carbocycles. The Labute approximate surface area is 179 Å². The van der Waals surface area contributed by atoms with Crippen molar-refractivity contribution in [2.24, 2.45) is 0 Å². The van der Waals surface area contributed by atoms with E-state index in [0.29, 0.717) is 19.5 Å². The minimum Gasteiger partial charge on any atom is -0.497 e. The van der Waals surface area contributed by atoms with Gasteiger partial charge in [0.15, 0.2) is 0 Å². The van der Waals surface area contributed by atoms with E-state index < -0.39 is 0 Å². The summed E-state index contributed by atoms with van der Waals surface area (Å²) in [5, 5.41) is 2.32. The van der Waals surface area contributed by atoms with Crippen LogP contribution in [0.4, 0.5) is 0 Å². The maximum Gasteiger partial charge on any atom is 0.293 e. The normalized spacial score (nSPS) is 11.1. The number of hydrogen-bond donors (Lipinski definition) is 0. The maximum absolute atomic E-state index is 10.5. The second-order valence-corrected chi connectivity index (χ2v) is 7.27. The maximum atomic E-state index is 10.5. The molecule has 5 aromatic rings. The molecule has 3 aromatic carbocycles. The number of rotatable bonds is 7. The number of nitrogens with zero attached hydrogens (tertiary/aromatic N) is 3. The molecule has 5 rings (SSSR count). The zero-order chi connectivity index (χ0) is 21.2. The molecule has 0 unspecified atom stereocenters. The summed E-state index contributed by atoms with van der Waals surface area (Å²) in [6, 6.07) is 20.9. The summed E-state index contributed by atoms with van der Waals surface area (Å²) in [5.74, 6) is 0.818. The Morgan fingerprint density at radius 2 is 1.77 bits per heavy atom. The van der Waals surface area contributed by atoms with Crippen molar-refractivity contribution in [2.75, 3.05) is 13.7 Å². The Balaban J connectivity index is 1.73. The molecule has 6 nitrogen and oxygen atoms in total. The molecule has 0 aliphatic rings. The third-order valence-corrected chi connectivity index (χ3v) is 5.52. The second-order valence-electron chi connectivity index (χ2n) is 7.27. The number of hydrogen-bond acceptors (Lipinski definition) is 4. The predicted octanol–water partition coefficient (Wildman–Crippen LogP) is 4.69. The van der Waals surface area contributed by atoms with Gasteiger partial charge in [0.2, 0.25) is 0 Å². The van der Waals surface area contributed by atoms with E-state index in [1.165, 1.54) is 0 Å². The van der Waals surface area contributed by atoms with Crippen molar-refractivity contribution >= 4 is 28.3 Å². The lowest BCUT2D eigenvalue weighted by Gasteiger charge is -2.10. The van der Waals surface area contributed by atoms with E-state index in [1.807, 2.05) is 22.9 Å². The number of ether oxygens (including phenoxy) is 2. The summed E-state index contributed by atoms with van der Waals surface area (Å²) in [6.45, 7) is 0.854. The minimum atomic E-state index is 0.364. The van der Waals surface area contributed by atoms with Gasteiger partial charge in [-0.25, -0.2) is 4.98 Å². The summed E-state index contributed by atoms with van der Waals surface area (Å²) in [5.41, 5.74) is 5.44. The van der Waals surface area contributed by atoms with Gasteiger partial charge in [-0.05, 0) is 54.1 Å². The first-order chi connectivity index (χ1) is 15.3. The molecule has 0 saturated heterocycles. The summed E-state index contributed by atoms with van der Waals surface area (Å²) in [6.07, 6.45) is 6.18. The van der Waals surface area contributed by atoms with Crippen LogP contribution in [0.2, 0.25) is 0 Å². The van der Waals surface area contributed by atoms with E-state index in [-0.39, 0.29) is 0 Å². The van der Waals surface area contributed by atoms with Gasteiger partial charge in [0, 0.05) is 41.0 Å². The van der Waals surface area contributed by atoms with Crippen molar-refractivity contribution in [3.63, 3.8) is 0 Å². The van der Waals surface area contributed by atoms with E-state index in [1.54, 1.807) is 19.6 Å². The first-order valence-corrected chi connectivity index (χ1v) is 10.0. The van der Waals surface area contributed by atoms with Crippen LogP contribution < -0.4 is 4.74 Å². The van der Waals surface area contributed by atoms with Crippen LogP contribution in [0.15, 0.2) is 79.4 Å². The van der Waals surface area contributed by atoms with Gasteiger partial charge in [-0.3, -0.25) is 4.79 Å². The smallest absolute Gasteiger partial charge is 0.293 e. The number of imidazole rings is 1. The molecule has 0 aliphatic heterocycles. The molecule has 0 amide bonds. The molecule has 0 aliphatic carbocycles. The van der Waals surface area contributed by atoms with E-state index in [0.717, 1.165) is 44.5 Å². The van der Waals surface area contributed by atoms with Gasteiger partial charge in [0.1, 0.15) is 5.75 Å². The van der Waals surface area contributed by atoms with Crippen LogP contribution in [0, 0.1) is 0 Å². The number of carbonyl (C=O) groups excluding carboxylic acids is 1. The molecule has 0 bridgehead atoms. The number of benzene rings is 3. The van der Waals surface area contributed by atoms with Gasteiger partial charge in [-0.1, -0.05) is 12.1 Å². The van der Waals surface area contributed by atoms with Gasteiger partial charge in [-0.2, -0.15) is 0 Å². The molecular weight excluding hydrogens is 390 g/mol. The fourth-order valence-electron chi connectivity index (χ4n) is 4.02. The fourth-order valence-corrected chi connectivity index (χ4v) is 4.02. The third kappa shape index (κ3) is 3.42. The van der Waals surface area contributed by atoms with Crippen molar-refractivity contribution in [3.8, 4) is 17.1 Å². The zero-order valence-corrected chi connectivity index (χ0v) is 17.1. The van der Waals surface area contributed by atoms with Gasteiger partial charge < -0.3 is 18.6 Å². The monoisotopic (exact) mass is 411 g/mol. The molecule has 0 N–H and O–H groups in total. The van der Waals surface area contributed by atoms with Gasteiger partial charge in [-0.15, -0.1) is 0 Å². The van der Waals surface area contributed by atoms with Crippen molar-refractivity contribution in [1.29, 1.82) is 0 Å². The zero-order valence-electron chi connectivity index (χ0n) is 17.1. The fraction of sp³-hybridized carbons (Fsp3) is 0.120. The van der Waals surface area contributed by atoms with Crippen molar-refractivity contribution < 1.29 is 14.3 Å². The first kappa shape index (κ1) is 18.9. The number of aromatic nitrogens is 3. The third-order valence-electron chi connectivity index (χ3n) is 5.52. The molecular formula is C25H21N3O3. The van der Waals surface area contributed by atoms with Gasteiger partial charge in [0.05, 0.1) is 31.1 Å². The van der Waals surface area contributed by atoms with E-state index in [4.69, 9.17) is 9.47 Å². The van der Waals surface area contributed by atoms with Crippen LogP contribution in [-0.2, 0) is 16.0 Å². The van der Waals surface area contributed by atoms with Crippen LogP contribution in [0.25, 0.3) is 33.2 Å². The standard InChI is InChI=1S/C25H21N3O3/c1-30-21-6-3-19(4-7-21)28-24-9-5-20(27-12-11-26-16-27)15-23(24)22-8-2-18(14-25(22)28)10-13-31-17-29/h2-9,11-12,14-17H,10,13H2,1H3. The molecule has 2 heterocycles. The highest BCUT2D eigenvalue weighted by Gasteiger charge is 2.14. The topological polar surface area (TPSA) is 58.3 Å². The van der Waals surface area contributed by atoms with Crippen molar-refractivity contribution in [2.45, 2.75) is 6.42 Å². The lowest BCUT2D eigenvalue weighted by atomic mass is 10.1. The molecule has 0 spiro atoms. The Morgan fingerprint density at radius 1 is 0.935 bits per heavy atom. The van der Waals surface area contributed by atoms with Gasteiger partial charge >= 0.3 is 0 Å². The molecule has 6 heteroatoms. The highest BCUT2D eigenvalue weighted by atomic mass is 16.5. The van der Waals surface area contributed by atoms with E-state index in [2.05, 4.69) is 58.1 Å². The summed E-state index contributed by atoms with van der Waals surface area (Å²) in [7, 11) is 1.67. The second kappa shape index (κ2) is 7.99. The number of carbonyl (C=O) groups is 1.